The van der Waals surface area contributed by atoms with E-state index in [0.29, 0.717) is 12.4 Å². The number of nitrogens with zero attached hydrogens (tertiary/aromatic N) is 3. The van der Waals surface area contributed by atoms with Gasteiger partial charge in [0.1, 0.15) is 12.8 Å². The Kier molecular flexibility index (Phi) is 1.44. The first-order chi connectivity index (χ1) is 5.45. The molecule has 56 valence electrons. The molecule has 0 aromatic carbocycles. The van der Waals surface area contributed by atoms with Gasteiger partial charge < -0.3 is 8.98 Å². The SMILES string of the molecule is c1cn(Cc2ncco2)cn1. The molecule has 0 saturated carbocycles. The van der Waals surface area contributed by atoms with Crippen molar-refractivity contribution in [3.63, 3.8) is 0 Å². The number of hydrogen-bond acceptors (Lipinski definition) is 3. The lowest BCUT2D eigenvalue weighted by molar-refractivity contribution is 0.478. The summed E-state index contributed by atoms with van der Waals surface area (Å²) < 4.78 is 6.94. The van der Waals surface area contributed by atoms with Crippen molar-refractivity contribution in [3.05, 3.63) is 37.1 Å². The first kappa shape index (κ1) is 6.15. The van der Waals surface area contributed by atoms with Crippen LogP contribution in [0.25, 0.3) is 0 Å². The highest BCUT2D eigenvalue weighted by Crippen LogP contribution is 1.97. The van der Waals surface area contributed by atoms with Gasteiger partial charge in [-0.15, -0.1) is 0 Å². The molecule has 0 aliphatic rings. The highest BCUT2D eigenvalue weighted by atomic mass is 16.3. The zero-order valence-electron chi connectivity index (χ0n) is 5.84. The van der Waals surface area contributed by atoms with Gasteiger partial charge in [-0.2, -0.15) is 0 Å². The molecule has 2 aromatic rings. The quantitative estimate of drug-likeness (QED) is 0.637. The van der Waals surface area contributed by atoms with Crippen molar-refractivity contribution in [2.24, 2.45) is 0 Å². The van der Waals surface area contributed by atoms with Crippen LogP contribution in [0, 0.1) is 0 Å². The van der Waals surface area contributed by atoms with E-state index in [9.17, 15) is 0 Å². The van der Waals surface area contributed by atoms with Crippen LogP contribution in [0.3, 0.4) is 0 Å². The van der Waals surface area contributed by atoms with Gasteiger partial charge in [0.05, 0.1) is 12.5 Å². The van der Waals surface area contributed by atoms with Crippen molar-refractivity contribution in [2.75, 3.05) is 0 Å². The maximum atomic E-state index is 5.05. The number of hydrogen-bond donors (Lipinski definition) is 0. The third-order valence-electron chi connectivity index (χ3n) is 1.36. The number of aromatic nitrogens is 3. The van der Waals surface area contributed by atoms with Gasteiger partial charge in [-0.25, -0.2) is 9.97 Å². The molecule has 11 heavy (non-hydrogen) atoms. The van der Waals surface area contributed by atoms with Crippen molar-refractivity contribution >= 4 is 0 Å². The van der Waals surface area contributed by atoms with E-state index in [1.165, 1.54) is 0 Å². The normalized spacial score (nSPS) is 10.2. The largest absolute Gasteiger partial charge is 0.447 e. The molecule has 0 bridgehead atoms. The Morgan fingerprint density at radius 1 is 1.45 bits per heavy atom. The molecule has 2 heterocycles. The molecule has 4 nitrogen and oxygen atoms in total. The molecule has 0 amide bonds. The highest BCUT2D eigenvalue weighted by molar-refractivity contribution is 4.84. The van der Waals surface area contributed by atoms with Crippen molar-refractivity contribution in [3.8, 4) is 0 Å². The van der Waals surface area contributed by atoms with E-state index in [2.05, 4.69) is 9.97 Å². The summed E-state index contributed by atoms with van der Waals surface area (Å²) in [7, 11) is 0. The summed E-state index contributed by atoms with van der Waals surface area (Å²) in [6, 6.07) is 0. The third-order valence-corrected chi connectivity index (χ3v) is 1.36. The molecule has 2 rings (SSSR count). The summed E-state index contributed by atoms with van der Waals surface area (Å²) in [4.78, 5) is 7.87. The summed E-state index contributed by atoms with van der Waals surface area (Å²) in [6.45, 7) is 0.646. The Morgan fingerprint density at radius 2 is 2.45 bits per heavy atom. The second-order valence-electron chi connectivity index (χ2n) is 2.16. The van der Waals surface area contributed by atoms with Gasteiger partial charge in [0.15, 0.2) is 0 Å². The van der Waals surface area contributed by atoms with Crippen LogP contribution in [0.15, 0.2) is 35.6 Å². The highest BCUT2D eigenvalue weighted by Gasteiger charge is 1.96. The Bertz CT molecular complexity index is 266. The summed E-state index contributed by atoms with van der Waals surface area (Å²) in [5.74, 6) is 0.697. The molecule has 0 aliphatic heterocycles. The molecule has 0 fully saturated rings. The van der Waals surface area contributed by atoms with Crippen LogP contribution in [0.1, 0.15) is 5.89 Å². The van der Waals surface area contributed by atoms with E-state index in [-0.39, 0.29) is 0 Å². The summed E-state index contributed by atoms with van der Waals surface area (Å²) in [5, 5.41) is 0. The first-order valence-corrected chi connectivity index (χ1v) is 3.29. The first-order valence-electron chi connectivity index (χ1n) is 3.29. The van der Waals surface area contributed by atoms with Gasteiger partial charge in [-0.05, 0) is 0 Å². The molecular weight excluding hydrogens is 142 g/mol. The monoisotopic (exact) mass is 149 g/mol. The smallest absolute Gasteiger partial charge is 0.213 e. The number of oxazole rings is 1. The van der Waals surface area contributed by atoms with Crippen LogP contribution < -0.4 is 0 Å². The Labute approximate surface area is 63.5 Å². The molecule has 0 radical (unpaired) electrons. The van der Waals surface area contributed by atoms with E-state index in [0.717, 1.165) is 0 Å². The predicted molar refractivity (Wildman–Crippen MR) is 37.8 cm³/mol. The van der Waals surface area contributed by atoms with Crippen LogP contribution in [0.5, 0.6) is 0 Å². The van der Waals surface area contributed by atoms with E-state index >= 15 is 0 Å². The molecule has 0 unspecified atom stereocenters. The maximum absolute atomic E-state index is 5.05. The topological polar surface area (TPSA) is 43.9 Å². The lowest BCUT2D eigenvalue weighted by Gasteiger charge is -1.94. The molecule has 4 heteroatoms. The van der Waals surface area contributed by atoms with Crippen LogP contribution in [0.2, 0.25) is 0 Å². The van der Waals surface area contributed by atoms with E-state index < -0.39 is 0 Å². The molecular formula is C7H7N3O. The summed E-state index contributed by atoms with van der Waals surface area (Å²) >= 11 is 0. The van der Waals surface area contributed by atoms with Crippen LogP contribution in [0.4, 0.5) is 0 Å². The van der Waals surface area contributed by atoms with Crippen LogP contribution >= 0.6 is 0 Å². The maximum Gasteiger partial charge on any atom is 0.213 e. The van der Waals surface area contributed by atoms with Crippen molar-refractivity contribution in [1.82, 2.24) is 14.5 Å². The van der Waals surface area contributed by atoms with Gasteiger partial charge in [0.25, 0.3) is 0 Å². The Balaban J connectivity index is 2.14. The fourth-order valence-corrected chi connectivity index (χ4v) is 0.868. The van der Waals surface area contributed by atoms with Crippen LogP contribution in [-0.4, -0.2) is 14.5 Å². The lowest BCUT2D eigenvalue weighted by Crippen LogP contribution is -1.95. The zero-order chi connectivity index (χ0) is 7.52. The van der Waals surface area contributed by atoms with Gasteiger partial charge in [0.2, 0.25) is 5.89 Å². The van der Waals surface area contributed by atoms with Crippen LogP contribution in [-0.2, 0) is 6.54 Å². The van der Waals surface area contributed by atoms with Gasteiger partial charge in [-0.3, -0.25) is 0 Å². The van der Waals surface area contributed by atoms with Gasteiger partial charge in [0, 0.05) is 12.4 Å². The molecule has 0 atom stereocenters. The lowest BCUT2D eigenvalue weighted by atomic mass is 10.6. The number of rotatable bonds is 2. The minimum absolute atomic E-state index is 0.646. The van der Waals surface area contributed by atoms with E-state index in [4.69, 9.17) is 4.42 Å². The fourth-order valence-electron chi connectivity index (χ4n) is 0.868. The predicted octanol–water partition coefficient (Wildman–Crippen LogP) is 0.919. The summed E-state index contributed by atoms with van der Waals surface area (Å²) in [5.41, 5.74) is 0. The Hall–Kier alpha value is -1.58. The minimum Gasteiger partial charge on any atom is -0.447 e. The van der Waals surface area contributed by atoms with Crippen molar-refractivity contribution in [1.29, 1.82) is 0 Å². The van der Waals surface area contributed by atoms with E-state index in [1.807, 2.05) is 10.8 Å². The molecule has 0 saturated heterocycles. The zero-order valence-corrected chi connectivity index (χ0v) is 5.84. The molecule has 0 N–H and O–H groups in total. The second kappa shape index (κ2) is 2.57. The van der Waals surface area contributed by atoms with Gasteiger partial charge >= 0.3 is 0 Å². The third kappa shape index (κ3) is 1.29. The molecule has 0 aliphatic carbocycles. The second-order valence-corrected chi connectivity index (χ2v) is 2.16. The Morgan fingerprint density at radius 3 is 3.09 bits per heavy atom. The van der Waals surface area contributed by atoms with E-state index in [1.54, 1.807) is 25.0 Å². The average molecular weight is 149 g/mol. The fraction of sp³-hybridized carbons (Fsp3) is 0.143. The van der Waals surface area contributed by atoms with Crippen molar-refractivity contribution in [2.45, 2.75) is 6.54 Å². The average Bonchev–Trinajstić information content (AvgIpc) is 2.60. The standard InChI is InChI=1S/C7H7N3O/c1-3-10(6-8-1)5-7-9-2-4-11-7/h1-4,6H,5H2. The minimum atomic E-state index is 0.646. The molecule has 0 spiro atoms. The molecule has 2 aromatic heterocycles. The number of imidazole rings is 1. The van der Waals surface area contributed by atoms with Gasteiger partial charge in [-0.1, -0.05) is 0 Å². The van der Waals surface area contributed by atoms with Crippen molar-refractivity contribution < 1.29 is 4.42 Å². The summed E-state index contributed by atoms with van der Waals surface area (Å²) in [6.07, 6.45) is 8.51.